The predicted octanol–water partition coefficient (Wildman–Crippen LogP) is 1.50. The molecule has 0 aromatic carbocycles. The number of hydrogen-bond acceptors (Lipinski definition) is 5. The number of nitrogens with zero attached hydrogens (tertiary/aromatic N) is 5. The Labute approximate surface area is 164 Å². The van der Waals surface area contributed by atoms with Crippen LogP contribution in [-0.2, 0) is 11.3 Å². The third-order valence-corrected chi connectivity index (χ3v) is 6.47. The largest absolute Gasteiger partial charge is 0.341 e. The fourth-order valence-electron chi connectivity index (χ4n) is 5.12. The zero-order valence-corrected chi connectivity index (χ0v) is 15.9. The standard InChI is InChI=1S/C21H25N5O2/c27-19-4-1-3-18-17-11-15(13-26(18)19)12-25(14-17)20(28)16-5-9-24(10-6-16)21-22-7-2-8-23-21/h1-4,7-8,15-17H,5-6,9-14H2/t15-,17+/m1/s1. The first-order valence-corrected chi connectivity index (χ1v) is 10.2. The molecule has 2 aromatic rings. The average Bonchev–Trinajstić information content (AvgIpc) is 2.75. The van der Waals surface area contributed by atoms with Gasteiger partial charge in [0.1, 0.15) is 0 Å². The number of pyridine rings is 1. The fraction of sp³-hybridized carbons (Fsp3) is 0.524. The van der Waals surface area contributed by atoms with Gasteiger partial charge in [-0.05, 0) is 37.3 Å². The molecule has 2 bridgehead atoms. The number of anilines is 1. The Balaban J connectivity index is 1.26. The molecule has 3 aliphatic heterocycles. The van der Waals surface area contributed by atoms with E-state index in [-0.39, 0.29) is 23.3 Å². The van der Waals surface area contributed by atoms with Crippen LogP contribution in [0, 0.1) is 11.8 Å². The van der Waals surface area contributed by atoms with E-state index >= 15 is 0 Å². The smallest absolute Gasteiger partial charge is 0.250 e. The molecule has 3 aliphatic rings. The summed E-state index contributed by atoms with van der Waals surface area (Å²) in [6, 6.07) is 7.35. The van der Waals surface area contributed by atoms with Gasteiger partial charge < -0.3 is 14.4 Å². The second-order valence-electron chi connectivity index (χ2n) is 8.25. The van der Waals surface area contributed by atoms with Crippen molar-refractivity contribution in [2.45, 2.75) is 31.7 Å². The van der Waals surface area contributed by atoms with E-state index < -0.39 is 0 Å². The molecule has 2 fully saturated rings. The van der Waals surface area contributed by atoms with Crippen LogP contribution in [0.3, 0.4) is 0 Å². The number of amides is 1. The molecule has 0 saturated carbocycles. The maximum atomic E-state index is 13.2. The first-order chi connectivity index (χ1) is 13.7. The van der Waals surface area contributed by atoms with E-state index in [1.165, 1.54) is 0 Å². The van der Waals surface area contributed by atoms with Crippen molar-refractivity contribution in [2.75, 3.05) is 31.1 Å². The van der Waals surface area contributed by atoms with Crippen molar-refractivity contribution >= 4 is 11.9 Å². The number of rotatable bonds is 2. The summed E-state index contributed by atoms with van der Waals surface area (Å²) >= 11 is 0. The van der Waals surface area contributed by atoms with Gasteiger partial charge in [-0.3, -0.25) is 9.59 Å². The van der Waals surface area contributed by atoms with Gasteiger partial charge in [0.05, 0.1) is 0 Å². The third-order valence-electron chi connectivity index (χ3n) is 6.47. The molecule has 0 aliphatic carbocycles. The van der Waals surface area contributed by atoms with Crippen LogP contribution in [-0.4, -0.2) is 51.5 Å². The van der Waals surface area contributed by atoms with Gasteiger partial charge in [-0.1, -0.05) is 6.07 Å². The van der Waals surface area contributed by atoms with Crippen molar-refractivity contribution in [3.05, 3.63) is 52.7 Å². The number of likely N-dealkylation sites (tertiary alicyclic amines) is 1. The molecule has 2 atom stereocenters. The Kier molecular flexibility index (Phi) is 4.37. The monoisotopic (exact) mass is 379 g/mol. The lowest BCUT2D eigenvalue weighted by molar-refractivity contribution is -0.139. The zero-order valence-electron chi connectivity index (χ0n) is 15.9. The Morgan fingerprint density at radius 1 is 1.00 bits per heavy atom. The summed E-state index contributed by atoms with van der Waals surface area (Å²) in [5.74, 6) is 1.78. The molecule has 0 unspecified atom stereocenters. The second kappa shape index (κ2) is 7.04. The van der Waals surface area contributed by atoms with Gasteiger partial charge in [0, 0.05) is 68.7 Å². The van der Waals surface area contributed by atoms with E-state index in [1.54, 1.807) is 18.5 Å². The van der Waals surface area contributed by atoms with Gasteiger partial charge in [-0.2, -0.15) is 0 Å². The lowest BCUT2D eigenvalue weighted by atomic mass is 9.82. The number of fused-ring (bicyclic) bond motifs is 4. The fourth-order valence-corrected chi connectivity index (χ4v) is 5.12. The van der Waals surface area contributed by atoms with Crippen LogP contribution < -0.4 is 10.5 Å². The lowest BCUT2D eigenvalue weighted by Crippen LogP contribution is -2.51. The molecule has 1 amide bonds. The maximum Gasteiger partial charge on any atom is 0.250 e. The van der Waals surface area contributed by atoms with Gasteiger partial charge >= 0.3 is 0 Å². The Hall–Kier alpha value is -2.70. The predicted molar refractivity (Wildman–Crippen MR) is 105 cm³/mol. The number of piperidine rings is 2. The van der Waals surface area contributed by atoms with E-state index in [9.17, 15) is 9.59 Å². The highest BCUT2D eigenvalue weighted by Gasteiger charge is 2.38. The van der Waals surface area contributed by atoms with Crippen molar-refractivity contribution < 1.29 is 4.79 Å². The molecule has 5 heterocycles. The summed E-state index contributed by atoms with van der Waals surface area (Å²) in [5, 5.41) is 0. The van der Waals surface area contributed by atoms with Crippen LogP contribution in [0.4, 0.5) is 5.95 Å². The van der Waals surface area contributed by atoms with Gasteiger partial charge in [-0.15, -0.1) is 0 Å². The summed E-state index contributed by atoms with van der Waals surface area (Å²) in [6.45, 7) is 3.89. The number of aromatic nitrogens is 3. The summed E-state index contributed by atoms with van der Waals surface area (Å²) in [6.07, 6.45) is 6.29. The summed E-state index contributed by atoms with van der Waals surface area (Å²) < 4.78 is 1.92. The molecule has 5 rings (SSSR count). The van der Waals surface area contributed by atoms with E-state index in [0.717, 1.165) is 63.6 Å². The Bertz CT molecular complexity index is 920. The highest BCUT2D eigenvalue weighted by molar-refractivity contribution is 5.79. The first kappa shape index (κ1) is 17.4. The zero-order chi connectivity index (χ0) is 19.1. The summed E-state index contributed by atoms with van der Waals surface area (Å²) in [4.78, 5) is 38.3. The van der Waals surface area contributed by atoms with Crippen LogP contribution in [0.25, 0.3) is 0 Å². The van der Waals surface area contributed by atoms with Crippen molar-refractivity contribution in [2.24, 2.45) is 11.8 Å². The quantitative estimate of drug-likeness (QED) is 0.791. The molecule has 0 radical (unpaired) electrons. The molecule has 7 nitrogen and oxygen atoms in total. The number of carbonyl (C=O) groups is 1. The Morgan fingerprint density at radius 2 is 1.79 bits per heavy atom. The molecule has 2 aromatic heterocycles. The van der Waals surface area contributed by atoms with Gasteiger partial charge in [-0.25, -0.2) is 9.97 Å². The molecule has 146 valence electrons. The summed E-state index contributed by atoms with van der Waals surface area (Å²) in [7, 11) is 0. The van der Waals surface area contributed by atoms with Crippen LogP contribution in [0.2, 0.25) is 0 Å². The van der Waals surface area contributed by atoms with Gasteiger partial charge in [0.25, 0.3) is 5.56 Å². The van der Waals surface area contributed by atoms with Crippen LogP contribution in [0.5, 0.6) is 0 Å². The van der Waals surface area contributed by atoms with Crippen molar-refractivity contribution in [1.82, 2.24) is 19.4 Å². The molecular formula is C21H25N5O2. The van der Waals surface area contributed by atoms with Gasteiger partial charge in [0.15, 0.2) is 0 Å². The van der Waals surface area contributed by atoms with E-state index in [0.29, 0.717) is 5.92 Å². The minimum atomic E-state index is 0.0803. The maximum absolute atomic E-state index is 13.2. The number of carbonyl (C=O) groups excluding carboxylic acids is 1. The molecular weight excluding hydrogens is 354 g/mol. The Morgan fingerprint density at radius 3 is 2.57 bits per heavy atom. The van der Waals surface area contributed by atoms with Gasteiger partial charge in [0.2, 0.25) is 11.9 Å². The molecule has 2 saturated heterocycles. The van der Waals surface area contributed by atoms with Crippen LogP contribution in [0.15, 0.2) is 41.5 Å². The lowest BCUT2D eigenvalue weighted by Gasteiger charge is -2.44. The van der Waals surface area contributed by atoms with E-state index in [1.807, 2.05) is 16.7 Å². The number of hydrogen-bond donors (Lipinski definition) is 0. The normalized spacial score (nSPS) is 24.7. The van der Waals surface area contributed by atoms with Crippen molar-refractivity contribution in [3.63, 3.8) is 0 Å². The van der Waals surface area contributed by atoms with Crippen LogP contribution in [0.1, 0.15) is 30.9 Å². The minimum absolute atomic E-state index is 0.0803. The third kappa shape index (κ3) is 3.08. The molecule has 28 heavy (non-hydrogen) atoms. The SMILES string of the molecule is O=C(C1CCN(c2ncccn2)CC1)N1C[C@H]2C[C@@H](C1)c1cccc(=O)n1C2. The summed E-state index contributed by atoms with van der Waals surface area (Å²) in [5.41, 5.74) is 1.18. The highest BCUT2D eigenvalue weighted by Crippen LogP contribution is 2.36. The topological polar surface area (TPSA) is 71.3 Å². The first-order valence-electron chi connectivity index (χ1n) is 10.2. The molecule has 7 heteroatoms. The van der Waals surface area contributed by atoms with E-state index in [4.69, 9.17) is 0 Å². The highest BCUT2D eigenvalue weighted by atomic mass is 16.2. The van der Waals surface area contributed by atoms with E-state index in [2.05, 4.69) is 25.8 Å². The second-order valence-corrected chi connectivity index (χ2v) is 8.25. The van der Waals surface area contributed by atoms with Crippen molar-refractivity contribution in [1.29, 1.82) is 0 Å². The average molecular weight is 379 g/mol. The van der Waals surface area contributed by atoms with Crippen molar-refractivity contribution in [3.8, 4) is 0 Å². The molecule has 0 spiro atoms. The minimum Gasteiger partial charge on any atom is -0.341 e. The molecule has 0 N–H and O–H groups in total. The van der Waals surface area contributed by atoms with Crippen LogP contribution >= 0.6 is 0 Å².